The van der Waals surface area contributed by atoms with E-state index in [-0.39, 0.29) is 5.41 Å². The van der Waals surface area contributed by atoms with Crippen molar-refractivity contribution in [2.24, 2.45) is 11.3 Å². The average Bonchev–Trinajstić information content (AvgIpc) is 1.83. The maximum atomic E-state index is 5.94. The number of rotatable bonds is 0. The Bertz CT molecular complexity index is 228. The molecule has 0 bridgehead atoms. The van der Waals surface area contributed by atoms with E-state index in [9.17, 15) is 0 Å². The lowest BCUT2D eigenvalue weighted by Gasteiger charge is -2.30. The van der Waals surface area contributed by atoms with Crippen molar-refractivity contribution in [3.63, 3.8) is 0 Å². The summed E-state index contributed by atoms with van der Waals surface area (Å²) in [6.45, 7) is 9.00. The minimum absolute atomic E-state index is 0.285. The second-order valence-corrected chi connectivity index (χ2v) is 5.08. The Kier molecular flexibility index (Phi) is 2.67. The van der Waals surface area contributed by atoms with Crippen LogP contribution in [0.5, 0.6) is 0 Å². The molecule has 1 aliphatic rings. The van der Waals surface area contributed by atoms with Gasteiger partial charge in [-0.05, 0) is 23.8 Å². The van der Waals surface area contributed by atoms with Crippen molar-refractivity contribution in [2.45, 2.75) is 34.1 Å². The molecule has 1 aliphatic carbocycles. The third-order valence-corrected chi connectivity index (χ3v) is 2.62. The molecule has 0 saturated carbocycles. The van der Waals surface area contributed by atoms with Crippen LogP contribution in [0, 0.1) is 11.3 Å². The number of halogens is 1. The van der Waals surface area contributed by atoms with Gasteiger partial charge in [-0.25, -0.2) is 0 Å². The van der Waals surface area contributed by atoms with Crippen LogP contribution in [0.3, 0.4) is 0 Å². The molecule has 1 rings (SSSR count). The molecule has 0 spiro atoms. The van der Waals surface area contributed by atoms with Crippen molar-refractivity contribution in [1.29, 1.82) is 0 Å². The highest BCUT2D eigenvalue weighted by Gasteiger charge is 2.24. The van der Waals surface area contributed by atoms with Crippen molar-refractivity contribution in [1.82, 2.24) is 0 Å². The molecule has 68 valence electrons. The fourth-order valence-electron chi connectivity index (χ4n) is 1.80. The summed E-state index contributed by atoms with van der Waals surface area (Å²) in [5.74, 6) is 0.600. The van der Waals surface area contributed by atoms with Crippen LogP contribution >= 0.6 is 11.6 Å². The second-order valence-electron chi connectivity index (χ2n) is 4.59. The van der Waals surface area contributed by atoms with Crippen LogP contribution in [-0.2, 0) is 0 Å². The summed E-state index contributed by atoms with van der Waals surface area (Å²) in [6.07, 6.45) is 5.21. The van der Waals surface area contributed by atoms with Crippen LogP contribution in [0.2, 0.25) is 0 Å². The fourth-order valence-corrected chi connectivity index (χ4v) is 2.10. The average molecular weight is 185 g/mol. The van der Waals surface area contributed by atoms with Gasteiger partial charge in [-0.1, -0.05) is 50.9 Å². The first-order chi connectivity index (χ1) is 5.41. The summed E-state index contributed by atoms with van der Waals surface area (Å²) < 4.78 is 0. The summed E-state index contributed by atoms with van der Waals surface area (Å²) in [5, 5.41) is 0.982. The van der Waals surface area contributed by atoms with Crippen molar-refractivity contribution in [2.75, 3.05) is 0 Å². The van der Waals surface area contributed by atoms with Gasteiger partial charge in [-0.2, -0.15) is 0 Å². The number of allylic oxidation sites excluding steroid dienone is 4. The molecule has 0 N–H and O–H groups in total. The van der Waals surface area contributed by atoms with Gasteiger partial charge < -0.3 is 0 Å². The Morgan fingerprint density at radius 2 is 1.92 bits per heavy atom. The fraction of sp³-hybridized carbons (Fsp3) is 0.636. The molecule has 0 fully saturated rings. The third-order valence-electron chi connectivity index (χ3n) is 2.34. The van der Waals surface area contributed by atoms with Gasteiger partial charge in [0.25, 0.3) is 0 Å². The smallest absolute Gasteiger partial charge is 0.0186 e. The monoisotopic (exact) mass is 184 g/mol. The lowest BCUT2D eigenvalue weighted by atomic mass is 9.76. The lowest BCUT2D eigenvalue weighted by Crippen LogP contribution is -2.17. The molecule has 0 amide bonds. The first kappa shape index (κ1) is 9.85. The lowest BCUT2D eigenvalue weighted by molar-refractivity contribution is 0.432. The number of hydrogen-bond acceptors (Lipinski definition) is 0. The molecule has 0 heterocycles. The van der Waals surface area contributed by atoms with E-state index >= 15 is 0 Å². The van der Waals surface area contributed by atoms with Gasteiger partial charge in [0.05, 0.1) is 0 Å². The summed E-state index contributed by atoms with van der Waals surface area (Å²) in [7, 11) is 0. The Hall–Kier alpha value is -0.230. The molecule has 0 radical (unpaired) electrons. The van der Waals surface area contributed by atoms with E-state index in [0.717, 1.165) is 11.5 Å². The number of hydrogen-bond donors (Lipinski definition) is 0. The van der Waals surface area contributed by atoms with E-state index in [1.807, 2.05) is 6.08 Å². The van der Waals surface area contributed by atoms with Crippen LogP contribution in [0.1, 0.15) is 34.1 Å². The van der Waals surface area contributed by atoms with Crippen LogP contribution in [-0.4, -0.2) is 0 Å². The molecular formula is C11H17Cl. The molecular weight excluding hydrogens is 168 g/mol. The summed E-state index contributed by atoms with van der Waals surface area (Å²) in [5.41, 5.74) is 1.79. The zero-order valence-corrected chi connectivity index (χ0v) is 9.07. The van der Waals surface area contributed by atoms with Gasteiger partial charge >= 0.3 is 0 Å². The van der Waals surface area contributed by atoms with Crippen LogP contribution in [0.15, 0.2) is 22.8 Å². The predicted molar refractivity (Wildman–Crippen MR) is 55.3 cm³/mol. The van der Waals surface area contributed by atoms with Crippen LogP contribution < -0.4 is 0 Å². The van der Waals surface area contributed by atoms with Crippen molar-refractivity contribution in [3.05, 3.63) is 22.8 Å². The summed E-state index contributed by atoms with van der Waals surface area (Å²) in [6, 6.07) is 0. The van der Waals surface area contributed by atoms with Gasteiger partial charge in [0.15, 0.2) is 0 Å². The van der Waals surface area contributed by atoms with Gasteiger partial charge in [-0.15, -0.1) is 0 Å². The summed E-state index contributed by atoms with van der Waals surface area (Å²) >= 11 is 5.94. The molecule has 12 heavy (non-hydrogen) atoms. The Balaban J connectivity index is 2.91. The Morgan fingerprint density at radius 1 is 1.33 bits per heavy atom. The standard InChI is InChI=1S/C11H17Cl/c1-8-7-9(12)5-6-10(8)11(2,3)4/h5-6,8H,7H2,1-4H3. The molecule has 1 atom stereocenters. The molecule has 1 unspecified atom stereocenters. The van der Waals surface area contributed by atoms with Gasteiger partial charge in [0, 0.05) is 5.03 Å². The molecule has 0 aromatic heterocycles. The molecule has 0 aromatic carbocycles. The molecule has 0 aliphatic heterocycles. The van der Waals surface area contributed by atoms with E-state index in [2.05, 4.69) is 33.8 Å². The first-order valence-electron chi connectivity index (χ1n) is 4.48. The van der Waals surface area contributed by atoms with Gasteiger partial charge in [-0.3, -0.25) is 0 Å². The zero-order valence-electron chi connectivity index (χ0n) is 8.32. The first-order valence-corrected chi connectivity index (χ1v) is 4.86. The van der Waals surface area contributed by atoms with Crippen molar-refractivity contribution < 1.29 is 0 Å². The third kappa shape index (κ3) is 2.13. The maximum Gasteiger partial charge on any atom is 0.0186 e. The molecule has 0 nitrogen and oxygen atoms in total. The zero-order chi connectivity index (χ0) is 9.35. The molecule has 0 aromatic rings. The Morgan fingerprint density at radius 3 is 2.33 bits per heavy atom. The van der Waals surface area contributed by atoms with E-state index in [1.54, 1.807) is 0 Å². The van der Waals surface area contributed by atoms with Gasteiger partial charge in [0.1, 0.15) is 0 Å². The highest BCUT2D eigenvalue weighted by Crippen LogP contribution is 2.37. The molecule has 1 heteroatoms. The quantitative estimate of drug-likeness (QED) is 0.531. The highest BCUT2D eigenvalue weighted by atomic mass is 35.5. The van der Waals surface area contributed by atoms with Crippen LogP contribution in [0.4, 0.5) is 0 Å². The normalized spacial score (nSPS) is 24.9. The van der Waals surface area contributed by atoms with Crippen molar-refractivity contribution >= 4 is 11.6 Å². The van der Waals surface area contributed by atoms with E-state index < -0.39 is 0 Å². The predicted octanol–water partition coefficient (Wildman–Crippen LogP) is 4.12. The van der Waals surface area contributed by atoms with Crippen molar-refractivity contribution in [3.8, 4) is 0 Å². The molecule has 0 saturated heterocycles. The van der Waals surface area contributed by atoms with E-state index in [4.69, 9.17) is 11.6 Å². The van der Waals surface area contributed by atoms with Gasteiger partial charge in [0.2, 0.25) is 0 Å². The SMILES string of the molecule is CC1CC(Cl)=CC=C1C(C)(C)C. The minimum atomic E-state index is 0.285. The highest BCUT2D eigenvalue weighted by molar-refractivity contribution is 6.29. The van der Waals surface area contributed by atoms with E-state index in [1.165, 1.54) is 5.57 Å². The van der Waals surface area contributed by atoms with E-state index in [0.29, 0.717) is 5.92 Å². The van der Waals surface area contributed by atoms with Crippen LogP contribution in [0.25, 0.3) is 0 Å². The maximum absolute atomic E-state index is 5.94. The topological polar surface area (TPSA) is 0 Å². The largest absolute Gasteiger partial charge is 0.0891 e. The Labute approximate surface area is 80.3 Å². The summed E-state index contributed by atoms with van der Waals surface area (Å²) in [4.78, 5) is 0. The minimum Gasteiger partial charge on any atom is -0.0891 e. The second kappa shape index (κ2) is 3.26.